The first-order valence-corrected chi connectivity index (χ1v) is 13.5. The van der Waals surface area contributed by atoms with Crippen LogP contribution in [0.15, 0.2) is 53.4 Å². The molecule has 1 fully saturated rings. The van der Waals surface area contributed by atoms with Crippen molar-refractivity contribution in [2.45, 2.75) is 37.0 Å². The minimum atomic E-state index is -3.57. The average Bonchev–Trinajstić information content (AvgIpc) is 2.63. The molecule has 0 unspecified atom stereocenters. The summed E-state index contributed by atoms with van der Waals surface area (Å²) in [5.41, 5.74) is 2.05. The van der Waals surface area contributed by atoms with Crippen LogP contribution in [0.2, 0.25) is 5.02 Å². The van der Waals surface area contributed by atoms with E-state index in [2.05, 4.69) is 4.72 Å². The van der Waals surface area contributed by atoms with Crippen LogP contribution in [0.25, 0.3) is 0 Å². The normalized spacial score (nSPS) is 16.3. The van der Waals surface area contributed by atoms with Crippen molar-refractivity contribution >= 4 is 31.5 Å². The third-order valence-electron chi connectivity index (χ3n) is 5.54. The van der Waals surface area contributed by atoms with Crippen molar-refractivity contribution in [3.63, 3.8) is 0 Å². The van der Waals surface area contributed by atoms with Crippen LogP contribution in [0.3, 0.4) is 0 Å². The van der Waals surface area contributed by atoms with Gasteiger partial charge in [0.25, 0.3) is 0 Å². The van der Waals surface area contributed by atoms with Gasteiger partial charge in [-0.05, 0) is 66.5 Å². The molecule has 0 spiro atoms. The topological polar surface area (TPSA) is 80.3 Å². The van der Waals surface area contributed by atoms with Gasteiger partial charge in [0.05, 0.1) is 10.6 Å². The van der Waals surface area contributed by atoms with E-state index in [0.717, 1.165) is 36.8 Å². The maximum absolute atomic E-state index is 12.6. The number of benzene rings is 2. The van der Waals surface area contributed by atoms with E-state index in [1.165, 1.54) is 18.4 Å². The predicted octanol–water partition coefficient (Wildman–Crippen LogP) is 3.62. The summed E-state index contributed by atoms with van der Waals surface area (Å²) in [7, 11) is -6.55. The van der Waals surface area contributed by atoms with Crippen LogP contribution in [0, 0.1) is 5.41 Å². The molecule has 158 valence electrons. The van der Waals surface area contributed by atoms with Gasteiger partial charge in [-0.25, -0.2) is 21.6 Å². The highest BCUT2D eigenvalue weighted by molar-refractivity contribution is 7.90. The predicted molar refractivity (Wildman–Crippen MR) is 116 cm³/mol. The summed E-state index contributed by atoms with van der Waals surface area (Å²) in [6.07, 6.45) is 5.59. The Morgan fingerprint density at radius 1 is 0.931 bits per heavy atom. The van der Waals surface area contributed by atoms with Gasteiger partial charge in [0.2, 0.25) is 10.0 Å². The van der Waals surface area contributed by atoms with E-state index in [9.17, 15) is 16.8 Å². The van der Waals surface area contributed by atoms with Crippen LogP contribution in [-0.4, -0.2) is 35.4 Å². The fraction of sp³-hybridized carbons (Fsp3) is 0.429. The van der Waals surface area contributed by atoms with E-state index in [1.54, 1.807) is 12.1 Å². The monoisotopic (exact) mass is 455 g/mol. The molecule has 0 radical (unpaired) electrons. The largest absolute Gasteiger partial charge is 0.240 e. The van der Waals surface area contributed by atoms with Crippen LogP contribution in [0.5, 0.6) is 0 Å². The molecular formula is C21H26ClNO4S2. The zero-order valence-corrected chi connectivity index (χ0v) is 18.8. The fourth-order valence-corrected chi connectivity index (χ4v) is 5.49. The first kappa shape index (κ1) is 22.3. The Hall–Kier alpha value is -1.41. The second-order valence-electron chi connectivity index (χ2n) is 8.01. The zero-order valence-electron chi connectivity index (χ0n) is 16.4. The second kappa shape index (κ2) is 8.76. The van der Waals surface area contributed by atoms with Gasteiger partial charge in [0.15, 0.2) is 0 Å². The summed E-state index contributed by atoms with van der Waals surface area (Å²) >= 11 is 5.84. The molecule has 1 saturated carbocycles. The standard InChI is InChI=1S/C21H26ClNO4S2/c1-28(24,25)14-11-17-3-5-18(6-4-17)15-21(12-2-13-21)16-23-29(26,27)20-9-7-19(22)8-10-20/h3-10,23H,2,11-16H2,1H3. The smallest absolute Gasteiger partial charge is 0.229 e. The molecule has 5 nitrogen and oxygen atoms in total. The molecule has 2 aromatic rings. The van der Waals surface area contributed by atoms with Crippen molar-refractivity contribution in [1.82, 2.24) is 4.72 Å². The Balaban J connectivity index is 1.62. The van der Waals surface area contributed by atoms with E-state index in [4.69, 9.17) is 11.6 Å². The van der Waals surface area contributed by atoms with Crippen molar-refractivity contribution in [2.75, 3.05) is 18.6 Å². The highest BCUT2D eigenvalue weighted by atomic mass is 35.5. The van der Waals surface area contributed by atoms with Gasteiger partial charge in [0, 0.05) is 17.8 Å². The number of hydrogen-bond acceptors (Lipinski definition) is 4. The van der Waals surface area contributed by atoms with Crippen molar-refractivity contribution in [3.05, 3.63) is 64.7 Å². The summed E-state index contributed by atoms with van der Waals surface area (Å²) in [5, 5.41) is 0.499. The van der Waals surface area contributed by atoms with Gasteiger partial charge < -0.3 is 0 Å². The maximum atomic E-state index is 12.6. The van der Waals surface area contributed by atoms with Crippen molar-refractivity contribution in [1.29, 1.82) is 0 Å². The first-order chi connectivity index (χ1) is 13.6. The molecule has 0 heterocycles. The molecule has 0 amide bonds. The molecule has 2 aromatic carbocycles. The summed E-state index contributed by atoms with van der Waals surface area (Å²) in [6.45, 7) is 0.397. The first-order valence-electron chi connectivity index (χ1n) is 9.58. The lowest BCUT2D eigenvalue weighted by molar-refractivity contribution is 0.139. The zero-order chi connectivity index (χ0) is 21.1. The Morgan fingerprint density at radius 2 is 1.52 bits per heavy atom. The van der Waals surface area contributed by atoms with E-state index in [0.29, 0.717) is 18.0 Å². The number of aryl methyl sites for hydroxylation is 1. The average molecular weight is 456 g/mol. The molecule has 1 aliphatic carbocycles. The molecular weight excluding hydrogens is 430 g/mol. The summed E-state index contributed by atoms with van der Waals surface area (Å²) < 4.78 is 50.6. The quantitative estimate of drug-likeness (QED) is 0.626. The van der Waals surface area contributed by atoms with Crippen molar-refractivity contribution < 1.29 is 16.8 Å². The third-order valence-corrected chi connectivity index (χ3v) is 8.15. The minimum absolute atomic E-state index is 0.0756. The Kier molecular flexibility index (Phi) is 6.73. The van der Waals surface area contributed by atoms with Gasteiger partial charge in [-0.15, -0.1) is 0 Å². The minimum Gasteiger partial charge on any atom is -0.229 e. The summed E-state index contributed by atoms with van der Waals surface area (Å²) in [6, 6.07) is 14.1. The number of nitrogens with one attached hydrogen (secondary N) is 1. The Bertz CT molecular complexity index is 1040. The molecule has 0 saturated heterocycles. The van der Waals surface area contributed by atoms with Crippen LogP contribution in [0.4, 0.5) is 0 Å². The van der Waals surface area contributed by atoms with Gasteiger partial charge in [-0.1, -0.05) is 42.3 Å². The fourth-order valence-electron chi connectivity index (χ4n) is 3.60. The third kappa shape index (κ3) is 6.28. The molecule has 0 aliphatic heterocycles. The second-order valence-corrected chi connectivity index (χ2v) is 12.5. The molecule has 29 heavy (non-hydrogen) atoms. The lowest BCUT2D eigenvalue weighted by Crippen LogP contribution is -2.43. The molecule has 1 aliphatic rings. The van der Waals surface area contributed by atoms with Crippen LogP contribution >= 0.6 is 11.6 Å². The molecule has 0 bridgehead atoms. The highest BCUT2D eigenvalue weighted by Gasteiger charge is 2.38. The highest BCUT2D eigenvalue weighted by Crippen LogP contribution is 2.43. The SMILES string of the molecule is CS(=O)(=O)CCc1ccc(CC2(CNS(=O)(=O)c3ccc(Cl)cc3)CCC2)cc1. The molecule has 0 atom stereocenters. The molecule has 1 N–H and O–H groups in total. The Morgan fingerprint density at radius 3 is 2.03 bits per heavy atom. The Labute approximate surface area is 178 Å². The van der Waals surface area contributed by atoms with Crippen LogP contribution in [0.1, 0.15) is 30.4 Å². The summed E-state index contributed by atoms with van der Waals surface area (Å²) in [5.74, 6) is 0.142. The molecule has 8 heteroatoms. The van der Waals surface area contributed by atoms with Gasteiger partial charge >= 0.3 is 0 Å². The number of sulfone groups is 1. The van der Waals surface area contributed by atoms with E-state index in [-0.39, 0.29) is 16.1 Å². The van der Waals surface area contributed by atoms with Gasteiger partial charge in [-0.2, -0.15) is 0 Å². The lowest BCUT2D eigenvalue weighted by Gasteiger charge is -2.42. The van der Waals surface area contributed by atoms with E-state index >= 15 is 0 Å². The molecule has 3 rings (SSSR count). The van der Waals surface area contributed by atoms with E-state index < -0.39 is 19.9 Å². The maximum Gasteiger partial charge on any atom is 0.240 e. The van der Waals surface area contributed by atoms with E-state index in [1.807, 2.05) is 24.3 Å². The number of hydrogen-bond donors (Lipinski definition) is 1. The number of rotatable bonds is 9. The number of sulfonamides is 1. The van der Waals surface area contributed by atoms with Crippen LogP contribution < -0.4 is 4.72 Å². The van der Waals surface area contributed by atoms with Crippen molar-refractivity contribution in [2.24, 2.45) is 5.41 Å². The van der Waals surface area contributed by atoms with Gasteiger partial charge in [0.1, 0.15) is 9.84 Å². The molecule has 0 aromatic heterocycles. The van der Waals surface area contributed by atoms with Crippen LogP contribution in [-0.2, 0) is 32.7 Å². The van der Waals surface area contributed by atoms with Crippen molar-refractivity contribution in [3.8, 4) is 0 Å². The number of halogens is 1. The lowest BCUT2D eigenvalue weighted by atomic mass is 9.65. The summed E-state index contributed by atoms with van der Waals surface area (Å²) in [4.78, 5) is 0.214. The van der Waals surface area contributed by atoms with Gasteiger partial charge in [-0.3, -0.25) is 0 Å².